The highest BCUT2D eigenvalue weighted by Crippen LogP contribution is 2.25. The van der Waals surface area contributed by atoms with E-state index in [0.717, 1.165) is 5.56 Å². The van der Waals surface area contributed by atoms with E-state index in [2.05, 4.69) is 0 Å². The molecule has 0 spiro atoms. The van der Waals surface area contributed by atoms with Crippen molar-refractivity contribution in [3.05, 3.63) is 41.2 Å². The van der Waals surface area contributed by atoms with Crippen molar-refractivity contribution in [1.29, 1.82) is 0 Å². The second-order valence-electron chi connectivity index (χ2n) is 4.27. The molecule has 19 heavy (non-hydrogen) atoms. The van der Waals surface area contributed by atoms with Crippen LogP contribution in [0.1, 0.15) is 12.5 Å². The quantitative estimate of drug-likeness (QED) is 0.664. The van der Waals surface area contributed by atoms with Gasteiger partial charge in [0.05, 0.1) is 13.2 Å². The molecule has 5 heteroatoms. The lowest BCUT2D eigenvalue weighted by Gasteiger charge is -2.16. The Hall–Kier alpha value is -2.30. The van der Waals surface area contributed by atoms with Crippen LogP contribution in [-0.4, -0.2) is 30.1 Å². The lowest BCUT2D eigenvalue weighted by atomic mass is 10.2. The van der Waals surface area contributed by atoms with Crippen LogP contribution < -0.4 is 4.90 Å². The predicted octanol–water partition coefficient (Wildman–Crippen LogP) is 1.72. The summed E-state index contributed by atoms with van der Waals surface area (Å²) in [5.74, 6) is -1.55. The summed E-state index contributed by atoms with van der Waals surface area (Å²) >= 11 is 0. The fraction of sp³-hybridized carbons (Fsp3) is 0.286. The number of aliphatic hydroxyl groups excluding tert-OH is 1. The van der Waals surface area contributed by atoms with E-state index in [4.69, 9.17) is 4.74 Å². The molecule has 0 aromatic heterocycles. The molecule has 5 nitrogen and oxygen atoms in total. The minimum atomic E-state index is -0.778. The van der Waals surface area contributed by atoms with E-state index in [0.29, 0.717) is 5.69 Å². The van der Waals surface area contributed by atoms with Gasteiger partial charge in [0.25, 0.3) is 5.91 Å². The van der Waals surface area contributed by atoms with Gasteiger partial charge in [0.1, 0.15) is 5.76 Å². The van der Waals surface area contributed by atoms with Crippen molar-refractivity contribution in [3.63, 3.8) is 0 Å². The molecule has 1 aliphatic rings. The summed E-state index contributed by atoms with van der Waals surface area (Å²) in [6, 6.07) is 7.27. The van der Waals surface area contributed by atoms with E-state index in [9.17, 15) is 14.7 Å². The lowest BCUT2D eigenvalue weighted by Crippen LogP contribution is -2.29. The molecule has 0 saturated carbocycles. The van der Waals surface area contributed by atoms with Crippen molar-refractivity contribution in [2.75, 3.05) is 18.1 Å². The normalized spacial score (nSPS) is 15.1. The summed E-state index contributed by atoms with van der Waals surface area (Å²) < 4.78 is 4.77. The lowest BCUT2D eigenvalue weighted by molar-refractivity contribution is -0.139. The highest BCUT2D eigenvalue weighted by Gasteiger charge is 2.36. The zero-order chi connectivity index (χ0) is 14.0. The van der Waals surface area contributed by atoms with Gasteiger partial charge in [-0.25, -0.2) is 4.79 Å². The van der Waals surface area contributed by atoms with Gasteiger partial charge in [-0.3, -0.25) is 4.79 Å². The fourth-order valence-corrected chi connectivity index (χ4v) is 1.90. The van der Waals surface area contributed by atoms with Gasteiger partial charge in [-0.2, -0.15) is 0 Å². The Labute approximate surface area is 111 Å². The Kier molecular flexibility index (Phi) is 3.55. The smallest absolute Gasteiger partial charge is 0.347 e. The standard InChI is InChI=1S/C14H15NO4/c1-3-19-14(18)12-11(16)8-15(13(12)17)10-6-4-9(2)5-7-10/h4-7,16H,3,8H2,1-2H3. The van der Waals surface area contributed by atoms with Crippen LogP contribution in [0.15, 0.2) is 35.6 Å². The van der Waals surface area contributed by atoms with Gasteiger partial charge in [-0.05, 0) is 26.0 Å². The average molecular weight is 261 g/mol. The van der Waals surface area contributed by atoms with Crippen molar-refractivity contribution < 1.29 is 19.4 Å². The van der Waals surface area contributed by atoms with Gasteiger partial charge >= 0.3 is 5.97 Å². The maximum absolute atomic E-state index is 12.1. The number of nitrogens with zero attached hydrogens (tertiary/aromatic N) is 1. The molecule has 1 amide bonds. The number of carbonyl (C=O) groups excluding carboxylic acids is 2. The molecule has 0 radical (unpaired) electrons. The first-order valence-corrected chi connectivity index (χ1v) is 6.02. The number of hydrogen-bond donors (Lipinski definition) is 1. The van der Waals surface area contributed by atoms with Crippen LogP contribution in [0, 0.1) is 6.92 Å². The van der Waals surface area contributed by atoms with E-state index in [-0.39, 0.29) is 24.5 Å². The largest absolute Gasteiger partial charge is 0.509 e. The average Bonchev–Trinajstić information content (AvgIpc) is 2.66. The molecule has 0 saturated heterocycles. The van der Waals surface area contributed by atoms with Gasteiger partial charge < -0.3 is 14.7 Å². The number of benzene rings is 1. The van der Waals surface area contributed by atoms with Crippen LogP contribution in [0.25, 0.3) is 0 Å². The summed E-state index contributed by atoms with van der Waals surface area (Å²) in [5, 5.41) is 9.76. The third-order valence-electron chi connectivity index (χ3n) is 2.88. The number of aliphatic hydroxyl groups is 1. The number of amides is 1. The second kappa shape index (κ2) is 5.14. The highest BCUT2D eigenvalue weighted by molar-refractivity contribution is 6.24. The summed E-state index contributed by atoms with van der Waals surface area (Å²) in [6.07, 6.45) is 0. The molecule has 1 aromatic rings. The maximum Gasteiger partial charge on any atom is 0.347 e. The van der Waals surface area contributed by atoms with Crippen molar-refractivity contribution in [2.24, 2.45) is 0 Å². The molecule has 0 unspecified atom stereocenters. The molecule has 1 heterocycles. The van der Waals surface area contributed by atoms with E-state index in [1.165, 1.54) is 4.90 Å². The van der Waals surface area contributed by atoms with Crippen LogP contribution >= 0.6 is 0 Å². The van der Waals surface area contributed by atoms with Gasteiger partial charge in [0.2, 0.25) is 0 Å². The molecule has 0 fully saturated rings. The first-order chi connectivity index (χ1) is 9.04. The van der Waals surface area contributed by atoms with Crippen LogP contribution in [0.5, 0.6) is 0 Å². The van der Waals surface area contributed by atoms with Crippen LogP contribution in [0.2, 0.25) is 0 Å². The van der Waals surface area contributed by atoms with Crippen LogP contribution in [0.3, 0.4) is 0 Å². The number of esters is 1. The van der Waals surface area contributed by atoms with Gasteiger partial charge in [0, 0.05) is 5.69 Å². The third-order valence-corrected chi connectivity index (χ3v) is 2.88. The van der Waals surface area contributed by atoms with Gasteiger partial charge in [-0.1, -0.05) is 17.7 Å². The fourth-order valence-electron chi connectivity index (χ4n) is 1.90. The Morgan fingerprint density at radius 3 is 2.58 bits per heavy atom. The number of anilines is 1. The summed E-state index contributed by atoms with van der Waals surface area (Å²) in [6.45, 7) is 3.74. The van der Waals surface area contributed by atoms with Crippen molar-refractivity contribution in [2.45, 2.75) is 13.8 Å². The van der Waals surface area contributed by atoms with Crippen molar-refractivity contribution in [1.82, 2.24) is 0 Å². The molecular weight excluding hydrogens is 246 g/mol. The monoisotopic (exact) mass is 261 g/mol. The molecule has 2 rings (SSSR count). The first kappa shape index (κ1) is 13.1. The molecular formula is C14H15NO4. The molecule has 1 aromatic carbocycles. The maximum atomic E-state index is 12.1. The zero-order valence-electron chi connectivity index (χ0n) is 10.8. The minimum Gasteiger partial charge on any atom is -0.509 e. The second-order valence-corrected chi connectivity index (χ2v) is 4.27. The Morgan fingerprint density at radius 2 is 2.00 bits per heavy atom. The number of ether oxygens (including phenoxy) is 1. The molecule has 1 aliphatic heterocycles. The van der Waals surface area contributed by atoms with Gasteiger partial charge in [0.15, 0.2) is 5.57 Å². The molecule has 0 bridgehead atoms. The Bertz CT molecular complexity index is 545. The SMILES string of the molecule is CCOC(=O)C1=C(O)CN(c2ccc(C)cc2)C1=O. The topological polar surface area (TPSA) is 66.8 Å². The first-order valence-electron chi connectivity index (χ1n) is 6.02. The molecule has 100 valence electrons. The number of rotatable bonds is 3. The molecule has 1 N–H and O–H groups in total. The number of carbonyl (C=O) groups is 2. The minimum absolute atomic E-state index is 0.00393. The van der Waals surface area contributed by atoms with E-state index in [1.807, 2.05) is 19.1 Å². The summed E-state index contributed by atoms with van der Waals surface area (Å²) in [7, 11) is 0. The molecule has 0 aliphatic carbocycles. The third kappa shape index (κ3) is 2.45. The Morgan fingerprint density at radius 1 is 1.37 bits per heavy atom. The summed E-state index contributed by atoms with van der Waals surface area (Å²) in [5.41, 5.74) is 1.43. The van der Waals surface area contributed by atoms with Crippen molar-refractivity contribution >= 4 is 17.6 Å². The highest BCUT2D eigenvalue weighted by atomic mass is 16.5. The zero-order valence-corrected chi connectivity index (χ0v) is 10.8. The predicted molar refractivity (Wildman–Crippen MR) is 69.8 cm³/mol. The van der Waals surface area contributed by atoms with E-state index < -0.39 is 11.9 Å². The van der Waals surface area contributed by atoms with Crippen LogP contribution in [0.4, 0.5) is 5.69 Å². The summed E-state index contributed by atoms with van der Waals surface area (Å²) in [4.78, 5) is 25.1. The van der Waals surface area contributed by atoms with Crippen molar-refractivity contribution in [3.8, 4) is 0 Å². The van der Waals surface area contributed by atoms with Crippen LogP contribution in [-0.2, 0) is 14.3 Å². The van der Waals surface area contributed by atoms with E-state index in [1.54, 1.807) is 19.1 Å². The Balaban J connectivity index is 2.24. The van der Waals surface area contributed by atoms with Gasteiger partial charge in [-0.15, -0.1) is 0 Å². The van der Waals surface area contributed by atoms with E-state index >= 15 is 0 Å². The molecule has 0 atom stereocenters. The number of hydrogen-bond acceptors (Lipinski definition) is 4. The number of aryl methyl sites for hydroxylation is 1.